The Bertz CT molecular complexity index is 686. The summed E-state index contributed by atoms with van der Waals surface area (Å²) in [4.78, 5) is 39.3. The summed E-state index contributed by atoms with van der Waals surface area (Å²) in [5.74, 6) is -0.558. The van der Waals surface area contributed by atoms with Crippen molar-refractivity contribution < 1.29 is 33.4 Å². The van der Waals surface area contributed by atoms with E-state index in [2.05, 4.69) is 13.8 Å². The molecule has 0 saturated carbocycles. The summed E-state index contributed by atoms with van der Waals surface area (Å²) in [5, 5.41) is 9.36. The van der Waals surface area contributed by atoms with E-state index in [-0.39, 0.29) is 57.3 Å². The van der Waals surface area contributed by atoms with Crippen molar-refractivity contribution >= 4 is 17.8 Å². The molecular formula is C38H75N2O6+. The van der Waals surface area contributed by atoms with Crippen LogP contribution in [0.3, 0.4) is 0 Å². The molecule has 0 rings (SSSR count). The van der Waals surface area contributed by atoms with Crippen LogP contribution >= 0.6 is 0 Å². The second-order valence-corrected chi connectivity index (χ2v) is 13.9. The standard InChI is InChI=1S/C38H75N2O6/c1-5-7-9-11-13-15-17-19-21-23-25-27-37(43)45-33-29-39(36(42)35-40(3,4)31-32-41)30-34-46-38(44)28-26-24-22-20-18-16-14-12-10-8-6-2/h41H,5-35H2,1-4H3/q+1. The molecule has 0 bridgehead atoms. The minimum absolute atomic E-state index is 0.00635. The number of unbranched alkanes of at least 4 members (excludes halogenated alkanes) is 20. The Balaban J connectivity index is 4.24. The lowest BCUT2D eigenvalue weighted by Gasteiger charge is -2.31. The third-order valence-corrected chi connectivity index (χ3v) is 8.84. The summed E-state index contributed by atoms with van der Waals surface area (Å²) in [6.45, 7) is 5.93. The highest BCUT2D eigenvalue weighted by molar-refractivity contribution is 5.77. The first-order valence-electron chi connectivity index (χ1n) is 19.3. The molecule has 0 aromatic rings. The molecule has 8 heteroatoms. The Kier molecular flexibility index (Phi) is 30.7. The van der Waals surface area contributed by atoms with Crippen LogP contribution in [-0.4, -0.2) is 92.4 Å². The number of nitrogens with zero attached hydrogens (tertiary/aromatic N) is 2. The maximum atomic E-state index is 13.1. The summed E-state index contributed by atoms with van der Waals surface area (Å²) in [7, 11) is 3.79. The molecule has 46 heavy (non-hydrogen) atoms. The number of rotatable bonds is 34. The zero-order valence-electron chi connectivity index (χ0n) is 30.8. The molecule has 8 nitrogen and oxygen atoms in total. The number of hydrogen-bond acceptors (Lipinski definition) is 6. The third-order valence-electron chi connectivity index (χ3n) is 8.84. The predicted molar refractivity (Wildman–Crippen MR) is 190 cm³/mol. The van der Waals surface area contributed by atoms with Crippen molar-refractivity contribution in [2.45, 2.75) is 168 Å². The smallest absolute Gasteiger partial charge is 0.305 e. The average molecular weight is 656 g/mol. The van der Waals surface area contributed by atoms with E-state index in [4.69, 9.17) is 9.47 Å². The Morgan fingerprint density at radius 3 is 1.20 bits per heavy atom. The van der Waals surface area contributed by atoms with Gasteiger partial charge in [-0.3, -0.25) is 14.4 Å². The molecule has 0 heterocycles. The number of esters is 2. The number of quaternary nitrogens is 1. The minimum Gasteiger partial charge on any atom is -0.464 e. The highest BCUT2D eigenvalue weighted by Gasteiger charge is 2.24. The molecule has 0 spiro atoms. The molecule has 0 atom stereocenters. The highest BCUT2D eigenvalue weighted by Crippen LogP contribution is 2.13. The van der Waals surface area contributed by atoms with Gasteiger partial charge in [0.15, 0.2) is 6.54 Å². The molecule has 0 radical (unpaired) electrons. The SMILES string of the molecule is CCCCCCCCCCCCCC(=O)OCCN(CCOC(=O)CCCCCCCCCCCCC)C(=O)C[N+](C)(C)CCO. The topological polar surface area (TPSA) is 93.1 Å². The number of carbonyl (C=O) groups excluding carboxylic acids is 3. The maximum Gasteiger partial charge on any atom is 0.305 e. The van der Waals surface area contributed by atoms with Gasteiger partial charge in [-0.2, -0.15) is 0 Å². The van der Waals surface area contributed by atoms with Crippen molar-refractivity contribution in [3.63, 3.8) is 0 Å². The van der Waals surface area contributed by atoms with Crippen molar-refractivity contribution in [3.8, 4) is 0 Å². The number of carbonyl (C=O) groups is 3. The van der Waals surface area contributed by atoms with Crippen LogP contribution in [0.5, 0.6) is 0 Å². The van der Waals surface area contributed by atoms with Crippen LogP contribution in [0.15, 0.2) is 0 Å². The van der Waals surface area contributed by atoms with Gasteiger partial charge in [-0.15, -0.1) is 0 Å². The van der Waals surface area contributed by atoms with E-state index in [1.165, 1.54) is 103 Å². The second kappa shape index (κ2) is 31.9. The lowest BCUT2D eigenvalue weighted by molar-refractivity contribution is -0.883. The number of hydrogen-bond donors (Lipinski definition) is 1. The molecule has 0 aliphatic heterocycles. The summed E-state index contributed by atoms with van der Waals surface area (Å²) in [5.41, 5.74) is 0. The van der Waals surface area contributed by atoms with Gasteiger partial charge in [-0.05, 0) is 12.8 Å². The van der Waals surface area contributed by atoms with E-state index in [0.29, 0.717) is 23.9 Å². The number of aliphatic hydroxyl groups excluding tert-OH is 1. The zero-order chi connectivity index (χ0) is 34.1. The average Bonchev–Trinajstić information content (AvgIpc) is 3.01. The fourth-order valence-corrected chi connectivity index (χ4v) is 5.73. The van der Waals surface area contributed by atoms with Crippen LogP contribution in [0.4, 0.5) is 0 Å². The van der Waals surface area contributed by atoms with Crippen LogP contribution in [0.1, 0.15) is 168 Å². The van der Waals surface area contributed by atoms with E-state index < -0.39 is 0 Å². The Morgan fingerprint density at radius 1 is 0.543 bits per heavy atom. The number of aliphatic hydroxyl groups is 1. The highest BCUT2D eigenvalue weighted by atomic mass is 16.5. The summed E-state index contributed by atoms with van der Waals surface area (Å²) < 4.78 is 11.3. The van der Waals surface area contributed by atoms with E-state index >= 15 is 0 Å². The molecule has 0 aliphatic carbocycles. The lowest BCUT2D eigenvalue weighted by Crippen LogP contribution is -2.51. The molecule has 0 aromatic carbocycles. The van der Waals surface area contributed by atoms with Gasteiger partial charge in [-0.25, -0.2) is 0 Å². The summed E-state index contributed by atoms with van der Waals surface area (Å²) in [6, 6.07) is 0. The quantitative estimate of drug-likeness (QED) is 0.0425. The molecule has 0 aliphatic rings. The normalized spacial score (nSPS) is 11.5. The maximum absolute atomic E-state index is 13.1. The first-order valence-corrected chi connectivity index (χ1v) is 19.3. The van der Waals surface area contributed by atoms with Crippen LogP contribution in [0.25, 0.3) is 0 Å². The van der Waals surface area contributed by atoms with Gasteiger partial charge in [0.1, 0.15) is 19.8 Å². The summed E-state index contributed by atoms with van der Waals surface area (Å²) in [6.07, 6.45) is 27.9. The van der Waals surface area contributed by atoms with Crippen molar-refractivity contribution in [2.75, 3.05) is 60.1 Å². The number of likely N-dealkylation sites (N-methyl/N-ethyl adjacent to an activating group) is 1. The molecule has 0 saturated heterocycles. The zero-order valence-corrected chi connectivity index (χ0v) is 30.8. The van der Waals surface area contributed by atoms with E-state index in [1.54, 1.807) is 4.90 Å². The van der Waals surface area contributed by atoms with Gasteiger partial charge in [0, 0.05) is 12.8 Å². The van der Waals surface area contributed by atoms with E-state index in [0.717, 1.165) is 38.5 Å². The largest absolute Gasteiger partial charge is 0.464 e. The Morgan fingerprint density at radius 2 is 0.870 bits per heavy atom. The van der Waals surface area contributed by atoms with Crippen molar-refractivity contribution in [3.05, 3.63) is 0 Å². The van der Waals surface area contributed by atoms with Gasteiger partial charge in [0.25, 0.3) is 5.91 Å². The van der Waals surface area contributed by atoms with Gasteiger partial charge in [0.05, 0.1) is 33.8 Å². The monoisotopic (exact) mass is 656 g/mol. The van der Waals surface area contributed by atoms with Gasteiger partial charge >= 0.3 is 11.9 Å². The number of amides is 1. The van der Waals surface area contributed by atoms with Gasteiger partial charge < -0.3 is 24.0 Å². The predicted octanol–water partition coefficient (Wildman–Crippen LogP) is 8.37. The van der Waals surface area contributed by atoms with Gasteiger partial charge in [-0.1, -0.05) is 142 Å². The Labute approximate surface area is 283 Å². The van der Waals surface area contributed by atoms with Crippen molar-refractivity contribution in [1.82, 2.24) is 4.90 Å². The van der Waals surface area contributed by atoms with Crippen molar-refractivity contribution in [2.24, 2.45) is 0 Å². The fourth-order valence-electron chi connectivity index (χ4n) is 5.73. The molecule has 1 amide bonds. The molecule has 0 unspecified atom stereocenters. The molecule has 0 aromatic heterocycles. The van der Waals surface area contributed by atoms with Gasteiger partial charge in [0.2, 0.25) is 0 Å². The van der Waals surface area contributed by atoms with E-state index in [9.17, 15) is 19.5 Å². The first-order chi connectivity index (χ1) is 22.3. The number of ether oxygens (including phenoxy) is 2. The van der Waals surface area contributed by atoms with Crippen LogP contribution in [-0.2, 0) is 23.9 Å². The third kappa shape index (κ3) is 29.7. The minimum atomic E-state index is -0.224. The first kappa shape index (κ1) is 44.3. The molecule has 0 fully saturated rings. The fraction of sp³-hybridized carbons (Fsp3) is 0.921. The Hall–Kier alpha value is -1.67. The molecular weight excluding hydrogens is 580 g/mol. The summed E-state index contributed by atoms with van der Waals surface area (Å²) >= 11 is 0. The van der Waals surface area contributed by atoms with Crippen molar-refractivity contribution in [1.29, 1.82) is 0 Å². The second-order valence-electron chi connectivity index (χ2n) is 13.9. The van der Waals surface area contributed by atoms with E-state index in [1.807, 2.05) is 14.1 Å². The lowest BCUT2D eigenvalue weighted by atomic mass is 10.1. The van der Waals surface area contributed by atoms with Crippen LogP contribution in [0.2, 0.25) is 0 Å². The molecule has 1 N–H and O–H groups in total. The van der Waals surface area contributed by atoms with Crippen LogP contribution in [0, 0.1) is 0 Å². The molecule has 272 valence electrons. The van der Waals surface area contributed by atoms with Crippen LogP contribution < -0.4 is 0 Å².